The summed E-state index contributed by atoms with van der Waals surface area (Å²) in [7, 11) is 0. The van der Waals surface area contributed by atoms with E-state index in [0.29, 0.717) is 18.9 Å². The first-order valence-corrected chi connectivity index (χ1v) is 8.12. The number of amides is 1. The van der Waals surface area contributed by atoms with Crippen LogP contribution >= 0.6 is 0 Å². The molecule has 1 amide bonds. The molecule has 1 unspecified atom stereocenters. The van der Waals surface area contributed by atoms with Crippen LogP contribution in [0.4, 0.5) is 14.5 Å². The van der Waals surface area contributed by atoms with Crippen molar-refractivity contribution in [2.75, 3.05) is 31.6 Å². The van der Waals surface area contributed by atoms with E-state index in [1.807, 2.05) is 0 Å². The van der Waals surface area contributed by atoms with Gasteiger partial charge in [-0.05, 0) is 43.9 Å². The maximum atomic E-state index is 13.1. The monoisotopic (exact) mass is 340 g/mol. The minimum atomic E-state index is -1.08. The number of carbonyl (C=O) groups is 2. The lowest BCUT2D eigenvalue weighted by molar-refractivity contribution is -0.135. The third-order valence-corrected chi connectivity index (χ3v) is 4.23. The lowest BCUT2D eigenvalue weighted by Crippen LogP contribution is -2.37. The number of ketones is 1. The van der Waals surface area contributed by atoms with Crippen molar-refractivity contribution in [3.63, 3.8) is 0 Å². The van der Waals surface area contributed by atoms with E-state index in [1.165, 1.54) is 6.07 Å². The predicted octanol–water partition coefficient (Wildman–Crippen LogP) is 1.96. The number of nitrogens with one attached hydrogen (secondary N) is 1. The summed E-state index contributed by atoms with van der Waals surface area (Å²) in [5, 5.41) is 11.3. The molecule has 0 spiro atoms. The van der Waals surface area contributed by atoms with Gasteiger partial charge < -0.3 is 15.3 Å². The Bertz CT molecular complexity index is 593. The van der Waals surface area contributed by atoms with Crippen molar-refractivity contribution in [2.24, 2.45) is 5.92 Å². The molecule has 0 radical (unpaired) electrons. The first-order valence-electron chi connectivity index (χ1n) is 8.12. The average molecular weight is 340 g/mol. The van der Waals surface area contributed by atoms with Crippen molar-refractivity contribution >= 4 is 17.4 Å². The molecule has 24 heavy (non-hydrogen) atoms. The van der Waals surface area contributed by atoms with Crippen LogP contribution in [-0.2, 0) is 9.59 Å². The van der Waals surface area contributed by atoms with E-state index in [1.54, 1.807) is 0 Å². The van der Waals surface area contributed by atoms with Crippen molar-refractivity contribution in [2.45, 2.75) is 25.7 Å². The van der Waals surface area contributed by atoms with Crippen LogP contribution in [0.2, 0.25) is 0 Å². The van der Waals surface area contributed by atoms with Gasteiger partial charge in [-0.3, -0.25) is 9.59 Å². The molecule has 1 saturated heterocycles. The van der Waals surface area contributed by atoms with Crippen LogP contribution in [0.15, 0.2) is 18.2 Å². The van der Waals surface area contributed by atoms with Gasteiger partial charge in [-0.2, -0.15) is 0 Å². The number of aliphatic hydroxyl groups excluding tert-OH is 1. The number of hydrogen-bond donors (Lipinski definition) is 2. The number of nitrogens with zero attached hydrogens (tertiary/aromatic N) is 1. The smallest absolute Gasteiger partial charge is 0.291 e. The molecule has 2 rings (SSSR count). The lowest BCUT2D eigenvalue weighted by Gasteiger charge is -2.32. The number of Topliss-reactive ketones (excluding diaryl/α,β-unsaturated/α-hetero) is 1. The van der Waals surface area contributed by atoms with Crippen LogP contribution in [0, 0.1) is 17.6 Å². The summed E-state index contributed by atoms with van der Waals surface area (Å²) in [4.78, 5) is 25.9. The van der Waals surface area contributed by atoms with Gasteiger partial charge in [-0.15, -0.1) is 0 Å². The summed E-state index contributed by atoms with van der Waals surface area (Å²) in [6, 6.07) is 2.94. The number of halogens is 2. The third-order valence-electron chi connectivity index (χ3n) is 4.23. The molecule has 1 aromatic rings. The van der Waals surface area contributed by atoms with E-state index >= 15 is 0 Å². The normalized spacial score (nSPS) is 18.4. The highest BCUT2D eigenvalue weighted by Gasteiger charge is 2.22. The standard InChI is InChI=1S/C17H22F2N2O3/c18-14-5-4-13(10-15(14)19)20-17(24)16(23)6-3-12-2-1-7-21(11-12)8-9-22/h4-5,10,12,22H,1-3,6-9,11H2,(H,20,24). The molecule has 0 aromatic heterocycles. The van der Waals surface area contributed by atoms with E-state index in [-0.39, 0.29) is 18.7 Å². The molecule has 1 aliphatic rings. The number of hydrogen-bond acceptors (Lipinski definition) is 4. The second-order valence-corrected chi connectivity index (χ2v) is 6.08. The summed E-state index contributed by atoms with van der Waals surface area (Å²) < 4.78 is 25.9. The summed E-state index contributed by atoms with van der Waals surface area (Å²) in [6.45, 7) is 2.50. The largest absolute Gasteiger partial charge is 0.395 e. The fraction of sp³-hybridized carbons (Fsp3) is 0.529. The number of piperidine rings is 1. The van der Waals surface area contributed by atoms with Gasteiger partial charge in [0.15, 0.2) is 11.6 Å². The summed E-state index contributed by atoms with van der Waals surface area (Å²) in [5.74, 6) is -3.15. The number of aliphatic hydroxyl groups is 1. The Morgan fingerprint density at radius 2 is 2.08 bits per heavy atom. The lowest BCUT2D eigenvalue weighted by atomic mass is 9.92. The molecule has 1 aliphatic heterocycles. The highest BCUT2D eigenvalue weighted by atomic mass is 19.2. The minimum absolute atomic E-state index is 0.0547. The van der Waals surface area contributed by atoms with Crippen LogP contribution in [0.3, 0.4) is 0 Å². The fourth-order valence-electron chi connectivity index (χ4n) is 2.95. The van der Waals surface area contributed by atoms with E-state index in [4.69, 9.17) is 5.11 Å². The molecule has 7 heteroatoms. The van der Waals surface area contributed by atoms with Gasteiger partial charge in [0.25, 0.3) is 5.91 Å². The molecule has 132 valence electrons. The zero-order valence-corrected chi connectivity index (χ0v) is 13.4. The van der Waals surface area contributed by atoms with E-state index in [9.17, 15) is 18.4 Å². The molecule has 0 aliphatic carbocycles. The van der Waals surface area contributed by atoms with Gasteiger partial charge in [-0.1, -0.05) is 0 Å². The van der Waals surface area contributed by atoms with Gasteiger partial charge in [0.1, 0.15) is 0 Å². The van der Waals surface area contributed by atoms with Crippen molar-refractivity contribution < 1.29 is 23.5 Å². The Hall–Kier alpha value is -1.86. The van der Waals surface area contributed by atoms with Crippen LogP contribution in [-0.4, -0.2) is 47.9 Å². The molecule has 1 heterocycles. The van der Waals surface area contributed by atoms with Gasteiger partial charge in [0.05, 0.1) is 6.61 Å². The number of anilines is 1. The molecule has 1 atom stereocenters. The molecule has 5 nitrogen and oxygen atoms in total. The highest BCUT2D eigenvalue weighted by Crippen LogP contribution is 2.21. The Balaban J connectivity index is 1.79. The number of carbonyl (C=O) groups excluding carboxylic acids is 2. The predicted molar refractivity (Wildman–Crippen MR) is 85.5 cm³/mol. The van der Waals surface area contributed by atoms with Crippen LogP contribution < -0.4 is 5.32 Å². The summed E-state index contributed by atoms with van der Waals surface area (Å²) in [6.07, 6.45) is 2.74. The van der Waals surface area contributed by atoms with E-state index in [2.05, 4.69) is 10.2 Å². The number of likely N-dealkylation sites (tertiary alicyclic amines) is 1. The molecule has 2 N–H and O–H groups in total. The van der Waals surface area contributed by atoms with E-state index in [0.717, 1.165) is 38.1 Å². The average Bonchev–Trinajstić information content (AvgIpc) is 2.56. The molecular weight excluding hydrogens is 318 g/mol. The second kappa shape index (κ2) is 8.84. The quantitative estimate of drug-likeness (QED) is 0.745. The van der Waals surface area contributed by atoms with Crippen LogP contribution in [0.1, 0.15) is 25.7 Å². The Kier molecular flexibility index (Phi) is 6.81. The Morgan fingerprint density at radius 3 is 2.79 bits per heavy atom. The van der Waals surface area contributed by atoms with Crippen molar-refractivity contribution in [1.29, 1.82) is 0 Å². The maximum Gasteiger partial charge on any atom is 0.291 e. The van der Waals surface area contributed by atoms with Crippen LogP contribution in [0.25, 0.3) is 0 Å². The number of rotatable bonds is 7. The van der Waals surface area contributed by atoms with Gasteiger partial charge in [0.2, 0.25) is 5.78 Å². The van der Waals surface area contributed by atoms with Gasteiger partial charge >= 0.3 is 0 Å². The maximum absolute atomic E-state index is 13.1. The first kappa shape index (κ1) is 18.5. The van der Waals surface area contributed by atoms with Crippen molar-refractivity contribution in [3.05, 3.63) is 29.8 Å². The summed E-state index contributed by atoms with van der Waals surface area (Å²) >= 11 is 0. The zero-order chi connectivity index (χ0) is 17.5. The molecule has 0 saturated carbocycles. The van der Waals surface area contributed by atoms with Gasteiger partial charge in [-0.25, -0.2) is 8.78 Å². The third kappa shape index (κ3) is 5.35. The zero-order valence-electron chi connectivity index (χ0n) is 13.4. The SMILES string of the molecule is O=C(CCC1CCCN(CCO)C1)C(=O)Nc1ccc(F)c(F)c1. The van der Waals surface area contributed by atoms with Crippen molar-refractivity contribution in [3.8, 4) is 0 Å². The molecule has 0 bridgehead atoms. The first-order chi connectivity index (χ1) is 11.5. The second-order valence-electron chi connectivity index (χ2n) is 6.08. The van der Waals surface area contributed by atoms with Crippen molar-refractivity contribution in [1.82, 2.24) is 4.90 Å². The topological polar surface area (TPSA) is 69.6 Å². The molecular formula is C17H22F2N2O3. The number of benzene rings is 1. The molecule has 1 fully saturated rings. The van der Waals surface area contributed by atoms with Gasteiger partial charge in [0, 0.05) is 31.3 Å². The van der Waals surface area contributed by atoms with Crippen LogP contribution in [0.5, 0.6) is 0 Å². The molecule has 1 aromatic carbocycles. The minimum Gasteiger partial charge on any atom is -0.395 e. The Labute approximate surface area is 139 Å². The van der Waals surface area contributed by atoms with E-state index < -0.39 is 23.3 Å². The fourth-order valence-corrected chi connectivity index (χ4v) is 2.95. The Morgan fingerprint density at radius 1 is 1.29 bits per heavy atom. The number of β-amino-alcohol motifs (C(OH)–C–C–N with tert-alkyl or cyclic N) is 1. The summed E-state index contributed by atoms with van der Waals surface area (Å²) in [5.41, 5.74) is 0.0547. The highest BCUT2D eigenvalue weighted by molar-refractivity contribution is 6.40.